The zero-order valence-corrected chi connectivity index (χ0v) is 13.5. The maximum atomic E-state index is 11.8. The van der Waals surface area contributed by atoms with Crippen LogP contribution in [0, 0.1) is 11.8 Å². The van der Waals surface area contributed by atoms with Gasteiger partial charge in [0.05, 0.1) is 0 Å². The van der Waals surface area contributed by atoms with Gasteiger partial charge in [-0.3, -0.25) is 9.69 Å². The van der Waals surface area contributed by atoms with Gasteiger partial charge in [0.2, 0.25) is 0 Å². The Kier molecular flexibility index (Phi) is 4.88. The lowest BCUT2D eigenvalue weighted by molar-refractivity contribution is -0.151. The van der Waals surface area contributed by atoms with Gasteiger partial charge in [-0.25, -0.2) is 0 Å². The highest BCUT2D eigenvalue weighted by molar-refractivity contribution is 5.73. The van der Waals surface area contributed by atoms with Crippen LogP contribution < -0.4 is 0 Å². The predicted molar refractivity (Wildman–Crippen MR) is 84.3 cm³/mol. The highest BCUT2D eigenvalue weighted by Crippen LogP contribution is 2.41. The van der Waals surface area contributed by atoms with E-state index in [1.807, 2.05) is 0 Å². The van der Waals surface area contributed by atoms with Crippen molar-refractivity contribution in [3.05, 3.63) is 0 Å². The van der Waals surface area contributed by atoms with E-state index in [1.54, 1.807) is 0 Å². The van der Waals surface area contributed by atoms with Crippen LogP contribution in [0.25, 0.3) is 0 Å². The summed E-state index contributed by atoms with van der Waals surface area (Å²) in [6.07, 6.45) is 13.9. The van der Waals surface area contributed by atoms with Gasteiger partial charge < -0.3 is 5.11 Å². The quantitative estimate of drug-likeness (QED) is 0.853. The molecule has 1 heterocycles. The third-order valence-electron chi connectivity index (χ3n) is 6.51. The summed E-state index contributed by atoms with van der Waals surface area (Å²) in [5, 5.41) is 9.70. The molecule has 21 heavy (non-hydrogen) atoms. The molecule has 3 nitrogen and oxygen atoms in total. The Balaban J connectivity index is 1.79. The molecule has 1 saturated heterocycles. The number of carbonyl (C=O) groups is 1. The highest BCUT2D eigenvalue weighted by atomic mass is 16.4. The lowest BCUT2D eigenvalue weighted by Crippen LogP contribution is -2.59. The molecule has 3 rings (SSSR count). The van der Waals surface area contributed by atoms with Crippen molar-refractivity contribution in [2.45, 2.75) is 95.7 Å². The molecule has 0 radical (unpaired) electrons. The third-order valence-corrected chi connectivity index (χ3v) is 6.51. The number of likely N-dealkylation sites (tertiary alicyclic amines) is 1. The third kappa shape index (κ3) is 3.13. The molecular weight excluding hydrogens is 262 g/mol. The van der Waals surface area contributed by atoms with E-state index in [4.69, 9.17) is 0 Å². The Labute approximate surface area is 129 Å². The first-order valence-electron chi connectivity index (χ1n) is 9.18. The summed E-state index contributed by atoms with van der Waals surface area (Å²) in [4.78, 5) is 14.2. The van der Waals surface area contributed by atoms with E-state index in [1.165, 1.54) is 57.8 Å². The maximum Gasteiger partial charge on any atom is 0.320 e. The Hall–Kier alpha value is -0.570. The van der Waals surface area contributed by atoms with E-state index in [0.717, 1.165) is 24.7 Å². The number of rotatable bonds is 3. The van der Waals surface area contributed by atoms with Crippen LogP contribution in [0.3, 0.4) is 0 Å². The van der Waals surface area contributed by atoms with E-state index >= 15 is 0 Å². The second-order valence-corrected chi connectivity index (χ2v) is 7.63. The minimum atomic E-state index is -0.582. The van der Waals surface area contributed by atoms with Crippen LogP contribution in [0.2, 0.25) is 0 Å². The fraction of sp³-hybridized carbons (Fsp3) is 0.944. The number of fused-ring (bicyclic) bond motifs is 1. The van der Waals surface area contributed by atoms with Crippen LogP contribution in [-0.4, -0.2) is 34.1 Å². The molecule has 1 aliphatic heterocycles. The number of carboxylic acids is 1. The molecule has 0 aromatic carbocycles. The largest absolute Gasteiger partial charge is 0.480 e. The highest BCUT2D eigenvalue weighted by Gasteiger charge is 2.44. The van der Waals surface area contributed by atoms with Gasteiger partial charge in [-0.2, -0.15) is 0 Å². The number of carboxylic acid groups (broad SMARTS) is 1. The molecule has 1 N–H and O–H groups in total. The minimum Gasteiger partial charge on any atom is -0.480 e. The number of aliphatic carboxylic acids is 1. The normalized spacial score (nSPS) is 36.9. The van der Waals surface area contributed by atoms with Crippen LogP contribution in [-0.2, 0) is 4.79 Å². The standard InChI is InChI=1S/C18H31NO2/c1-13(14-7-3-2-4-8-14)19-16-10-6-5-9-15(16)11-12-17(19)18(20)21/h13-17H,2-12H2,1H3,(H,20,21). The first kappa shape index (κ1) is 15.3. The van der Waals surface area contributed by atoms with Crippen LogP contribution in [0.15, 0.2) is 0 Å². The summed E-state index contributed by atoms with van der Waals surface area (Å²) in [6.45, 7) is 2.32. The molecule has 3 heteroatoms. The predicted octanol–water partition coefficient (Wildman–Crippen LogP) is 4.06. The molecule has 0 aromatic heterocycles. The Morgan fingerprint density at radius 2 is 1.62 bits per heavy atom. The SMILES string of the molecule is CC(C1CCCCC1)N1C(C(=O)O)CCC2CCCCC21. The van der Waals surface area contributed by atoms with Crippen molar-refractivity contribution >= 4 is 5.97 Å². The zero-order valence-electron chi connectivity index (χ0n) is 13.5. The van der Waals surface area contributed by atoms with Crippen molar-refractivity contribution in [3.8, 4) is 0 Å². The summed E-state index contributed by atoms with van der Waals surface area (Å²) in [5.41, 5.74) is 0. The maximum absolute atomic E-state index is 11.8. The Morgan fingerprint density at radius 3 is 2.33 bits per heavy atom. The molecule has 120 valence electrons. The molecule has 0 amide bonds. The van der Waals surface area contributed by atoms with Crippen molar-refractivity contribution in [1.82, 2.24) is 4.90 Å². The summed E-state index contributed by atoms with van der Waals surface area (Å²) in [6, 6.07) is 0.782. The van der Waals surface area contributed by atoms with Gasteiger partial charge in [-0.05, 0) is 57.3 Å². The van der Waals surface area contributed by atoms with Gasteiger partial charge in [0.25, 0.3) is 0 Å². The number of piperidine rings is 1. The summed E-state index contributed by atoms with van der Waals surface area (Å²) in [7, 11) is 0. The van der Waals surface area contributed by atoms with E-state index in [9.17, 15) is 9.90 Å². The molecule has 3 fully saturated rings. The van der Waals surface area contributed by atoms with Crippen molar-refractivity contribution in [2.24, 2.45) is 11.8 Å². The molecule has 4 atom stereocenters. The van der Waals surface area contributed by atoms with Crippen LogP contribution in [0.4, 0.5) is 0 Å². The minimum absolute atomic E-state index is 0.221. The van der Waals surface area contributed by atoms with Gasteiger partial charge in [0, 0.05) is 12.1 Å². The van der Waals surface area contributed by atoms with Crippen LogP contribution in [0.5, 0.6) is 0 Å². The van der Waals surface area contributed by atoms with Crippen molar-refractivity contribution in [1.29, 1.82) is 0 Å². The molecule has 0 spiro atoms. The summed E-state index contributed by atoms with van der Waals surface area (Å²) >= 11 is 0. The zero-order chi connectivity index (χ0) is 14.8. The first-order chi connectivity index (χ1) is 10.2. The fourth-order valence-electron chi connectivity index (χ4n) is 5.37. The molecule has 2 aliphatic carbocycles. The molecule has 3 aliphatic rings. The van der Waals surface area contributed by atoms with Crippen molar-refractivity contribution in [2.75, 3.05) is 0 Å². The van der Waals surface area contributed by atoms with Crippen molar-refractivity contribution < 1.29 is 9.90 Å². The van der Waals surface area contributed by atoms with E-state index in [2.05, 4.69) is 11.8 Å². The molecule has 4 unspecified atom stereocenters. The lowest BCUT2D eigenvalue weighted by Gasteiger charge is -2.51. The van der Waals surface area contributed by atoms with E-state index < -0.39 is 5.97 Å². The van der Waals surface area contributed by atoms with Gasteiger partial charge in [0.1, 0.15) is 6.04 Å². The molecule has 2 saturated carbocycles. The fourth-order valence-corrected chi connectivity index (χ4v) is 5.37. The van der Waals surface area contributed by atoms with Gasteiger partial charge in [-0.1, -0.05) is 32.1 Å². The average molecular weight is 293 g/mol. The van der Waals surface area contributed by atoms with Crippen molar-refractivity contribution in [3.63, 3.8) is 0 Å². The van der Waals surface area contributed by atoms with Gasteiger partial charge >= 0.3 is 5.97 Å². The Bertz CT molecular complexity index is 364. The number of hydrogen-bond acceptors (Lipinski definition) is 2. The van der Waals surface area contributed by atoms with Gasteiger partial charge in [-0.15, -0.1) is 0 Å². The topological polar surface area (TPSA) is 40.5 Å². The Morgan fingerprint density at radius 1 is 0.952 bits per heavy atom. The smallest absolute Gasteiger partial charge is 0.320 e. The number of hydrogen-bond donors (Lipinski definition) is 1. The number of nitrogens with zero attached hydrogens (tertiary/aromatic N) is 1. The summed E-state index contributed by atoms with van der Waals surface area (Å²) < 4.78 is 0. The van der Waals surface area contributed by atoms with E-state index in [-0.39, 0.29) is 6.04 Å². The van der Waals surface area contributed by atoms with Crippen LogP contribution >= 0.6 is 0 Å². The molecule has 0 aromatic rings. The van der Waals surface area contributed by atoms with Crippen LogP contribution in [0.1, 0.15) is 77.6 Å². The molecule has 0 bridgehead atoms. The second-order valence-electron chi connectivity index (χ2n) is 7.63. The first-order valence-corrected chi connectivity index (χ1v) is 9.18. The molecular formula is C18H31NO2. The average Bonchev–Trinajstić information content (AvgIpc) is 2.53. The lowest BCUT2D eigenvalue weighted by atomic mass is 9.73. The second kappa shape index (κ2) is 6.68. The van der Waals surface area contributed by atoms with E-state index in [0.29, 0.717) is 12.1 Å². The summed E-state index contributed by atoms with van der Waals surface area (Å²) in [5.74, 6) is 0.906. The monoisotopic (exact) mass is 293 g/mol. The van der Waals surface area contributed by atoms with Gasteiger partial charge in [0.15, 0.2) is 0 Å².